The first kappa shape index (κ1) is 14.6. The van der Waals surface area contributed by atoms with E-state index < -0.39 is 14.4 Å². The van der Waals surface area contributed by atoms with Gasteiger partial charge in [0.25, 0.3) is 0 Å². The average molecular weight is 285 g/mol. The Morgan fingerprint density at radius 2 is 1.80 bits per heavy atom. The third-order valence-corrected chi connectivity index (χ3v) is 3.94. The number of hydrogen-bond acceptors (Lipinski definition) is 3. The summed E-state index contributed by atoms with van der Waals surface area (Å²) in [5.74, 6) is 0.702. The second kappa shape index (κ2) is 5.66. The van der Waals surface area contributed by atoms with Crippen LogP contribution in [-0.4, -0.2) is 15.4 Å². The monoisotopic (exact) mass is 285 g/mol. The number of benzene rings is 2. The van der Waals surface area contributed by atoms with E-state index >= 15 is 0 Å². The maximum Gasteiger partial charge on any atom is 0.186 e. The van der Waals surface area contributed by atoms with Crippen LogP contribution in [0.1, 0.15) is 11.7 Å². The smallest absolute Gasteiger partial charge is 0.186 e. The van der Waals surface area contributed by atoms with E-state index in [9.17, 15) is 5.26 Å². The second-order valence-corrected chi connectivity index (χ2v) is 10.1. The topological polar surface area (TPSA) is 42.2 Å². The fourth-order valence-corrected chi connectivity index (χ4v) is 3.11. The van der Waals surface area contributed by atoms with Gasteiger partial charge in [-0.2, -0.15) is 5.26 Å². The number of rotatable bonds is 4. The number of nitrogens with zero attached hydrogens (tertiary/aromatic N) is 1. The number of methoxy groups -OCH3 is 1. The fourth-order valence-electron chi connectivity index (χ4n) is 2.23. The number of ether oxygens (including phenoxy) is 1. The van der Waals surface area contributed by atoms with E-state index in [0.717, 1.165) is 16.3 Å². The Kier molecular flexibility index (Phi) is 4.12. The average Bonchev–Trinajstić information content (AvgIpc) is 2.42. The van der Waals surface area contributed by atoms with Crippen LogP contribution in [0.15, 0.2) is 36.4 Å². The first-order valence-electron chi connectivity index (χ1n) is 6.59. The maximum atomic E-state index is 9.51. The number of fused-ring (bicyclic) bond motifs is 1. The normalized spacial score (nSPS) is 12.9. The van der Waals surface area contributed by atoms with Crippen molar-refractivity contribution in [1.82, 2.24) is 0 Å². The van der Waals surface area contributed by atoms with Crippen LogP contribution >= 0.6 is 0 Å². The lowest BCUT2D eigenvalue weighted by Gasteiger charge is -2.24. The Hall–Kier alpha value is -1.83. The third-order valence-electron chi connectivity index (χ3n) is 3.00. The van der Waals surface area contributed by atoms with Crippen molar-refractivity contribution in [3.63, 3.8) is 0 Å². The molecule has 2 aromatic rings. The van der Waals surface area contributed by atoms with E-state index in [-0.39, 0.29) is 0 Å². The summed E-state index contributed by atoms with van der Waals surface area (Å²) in [6.45, 7) is 6.23. The Morgan fingerprint density at radius 1 is 1.10 bits per heavy atom. The van der Waals surface area contributed by atoms with Gasteiger partial charge < -0.3 is 9.16 Å². The molecule has 0 radical (unpaired) electrons. The Morgan fingerprint density at radius 3 is 2.40 bits per heavy atom. The summed E-state index contributed by atoms with van der Waals surface area (Å²) in [7, 11) is -0.204. The number of nitriles is 1. The van der Waals surface area contributed by atoms with Crippen LogP contribution in [-0.2, 0) is 4.43 Å². The molecule has 0 fully saturated rings. The van der Waals surface area contributed by atoms with Crippen molar-refractivity contribution < 1.29 is 9.16 Å². The zero-order valence-electron chi connectivity index (χ0n) is 12.3. The van der Waals surface area contributed by atoms with Gasteiger partial charge in [0, 0.05) is 5.56 Å². The minimum atomic E-state index is -1.83. The fraction of sp³-hybridized carbons (Fsp3) is 0.312. The molecule has 4 heteroatoms. The van der Waals surface area contributed by atoms with E-state index in [1.165, 1.54) is 0 Å². The largest absolute Gasteiger partial charge is 0.496 e. The Bertz CT molecular complexity index is 656. The molecular weight excluding hydrogens is 266 g/mol. The van der Waals surface area contributed by atoms with E-state index in [2.05, 4.69) is 25.7 Å². The summed E-state index contributed by atoms with van der Waals surface area (Å²) >= 11 is 0. The highest BCUT2D eigenvalue weighted by molar-refractivity contribution is 6.69. The minimum absolute atomic E-state index is 0.595. The molecule has 1 atom stereocenters. The maximum absolute atomic E-state index is 9.51. The molecule has 2 aromatic carbocycles. The van der Waals surface area contributed by atoms with E-state index in [1.54, 1.807) is 7.11 Å². The Balaban J connectivity index is 2.63. The van der Waals surface area contributed by atoms with Gasteiger partial charge in [0.1, 0.15) is 5.75 Å². The number of hydrogen-bond donors (Lipinski definition) is 0. The molecule has 20 heavy (non-hydrogen) atoms. The van der Waals surface area contributed by atoms with Gasteiger partial charge >= 0.3 is 0 Å². The zero-order valence-corrected chi connectivity index (χ0v) is 13.3. The minimum Gasteiger partial charge on any atom is -0.496 e. The van der Waals surface area contributed by atoms with Crippen LogP contribution in [0.2, 0.25) is 19.6 Å². The molecule has 0 aliphatic rings. The van der Waals surface area contributed by atoms with Crippen LogP contribution in [0.5, 0.6) is 5.75 Å². The zero-order chi connectivity index (χ0) is 14.8. The molecule has 0 saturated carbocycles. The molecule has 0 spiro atoms. The van der Waals surface area contributed by atoms with Crippen molar-refractivity contribution >= 4 is 19.1 Å². The van der Waals surface area contributed by atoms with Crippen molar-refractivity contribution in [2.24, 2.45) is 0 Å². The van der Waals surface area contributed by atoms with Crippen molar-refractivity contribution in [2.45, 2.75) is 25.7 Å². The summed E-state index contributed by atoms with van der Waals surface area (Å²) in [5.41, 5.74) is 0.829. The summed E-state index contributed by atoms with van der Waals surface area (Å²) in [6.07, 6.45) is -0.595. The highest BCUT2D eigenvalue weighted by atomic mass is 28.4. The molecule has 0 aromatic heterocycles. The third kappa shape index (κ3) is 3.01. The molecule has 104 valence electrons. The SMILES string of the molecule is COc1ccc2ccccc2c1C(C#N)O[Si](C)(C)C. The van der Waals surface area contributed by atoms with Crippen molar-refractivity contribution in [3.05, 3.63) is 42.0 Å². The van der Waals surface area contributed by atoms with Crippen LogP contribution < -0.4 is 4.74 Å². The predicted octanol–water partition coefficient (Wildman–Crippen LogP) is 4.26. The molecule has 0 amide bonds. The van der Waals surface area contributed by atoms with Gasteiger partial charge in [-0.1, -0.05) is 30.3 Å². The van der Waals surface area contributed by atoms with Gasteiger partial charge in [-0.05, 0) is 36.5 Å². The highest BCUT2D eigenvalue weighted by Crippen LogP contribution is 2.35. The standard InChI is InChI=1S/C16H19NO2Si/c1-18-14-10-9-12-7-5-6-8-13(12)16(14)15(11-17)19-20(2,3)4/h5-10,15H,1-4H3. The summed E-state index contributed by atoms with van der Waals surface area (Å²) in [6, 6.07) is 14.2. The van der Waals surface area contributed by atoms with Crippen LogP contribution in [0.3, 0.4) is 0 Å². The summed E-state index contributed by atoms with van der Waals surface area (Å²) < 4.78 is 11.5. The molecule has 0 heterocycles. The van der Waals surface area contributed by atoms with Crippen LogP contribution in [0.25, 0.3) is 10.8 Å². The van der Waals surface area contributed by atoms with E-state index in [4.69, 9.17) is 9.16 Å². The molecule has 0 N–H and O–H groups in total. The van der Waals surface area contributed by atoms with Gasteiger partial charge in [0.05, 0.1) is 13.2 Å². The summed E-state index contributed by atoms with van der Waals surface area (Å²) in [4.78, 5) is 0. The van der Waals surface area contributed by atoms with Crippen molar-refractivity contribution in [3.8, 4) is 11.8 Å². The molecule has 0 aliphatic carbocycles. The molecule has 0 saturated heterocycles. The van der Waals surface area contributed by atoms with Gasteiger partial charge in [0.15, 0.2) is 14.4 Å². The van der Waals surface area contributed by atoms with Crippen LogP contribution in [0, 0.1) is 11.3 Å². The van der Waals surface area contributed by atoms with Crippen molar-refractivity contribution in [1.29, 1.82) is 5.26 Å². The molecular formula is C16H19NO2Si. The second-order valence-electron chi connectivity index (χ2n) is 5.64. The van der Waals surface area contributed by atoms with E-state index in [1.807, 2.05) is 36.4 Å². The van der Waals surface area contributed by atoms with Crippen molar-refractivity contribution in [2.75, 3.05) is 7.11 Å². The first-order valence-corrected chi connectivity index (χ1v) is 10.00. The summed E-state index contributed by atoms with van der Waals surface area (Å²) in [5, 5.41) is 11.6. The van der Waals surface area contributed by atoms with Gasteiger partial charge in [-0.15, -0.1) is 0 Å². The van der Waals surface area contributed by atoms with Crippen LogP contribution in [0.4, 0.5) is 0 Å². The molecule has 3 nitrogen and oxygen atoms in total. The molecule has 2 rings (SSSR count). The first-order chi connectivity index (χ1) is 9.46. The van der Waals surface area contributed by atoms with Gasteiger partial charge in [0.2, 0.25) is 0 Å². The lowest BCUT2D eigenvalue weighted by molar-refractivity contribution is 0.250. The molecule has 0 bridgehead atoms. The molecule has 1 unspecified atom stereocenters. The lowest BCUT2D eigenvalue weighted by Crippen LogP contribution is -2.27. The lowest BCUT2D eigenvalue weighted by atomic mass is 10.00. The Labute approximate surface area is 120 Å². The quantitative estimate of drug-likeness (QED) is 0.788. The molecule has 0 aliphatic heterocycles. The van der Waals surface area contributed by atoms with Gasteiger partial charge in [-0.25, -0.2) is 0 Å². The predicted molar refractivity (Wildman–Crippen MR) is 83.3 cm³/mol. The highest BCUT2D eigenvalue weighted by Gasteiger charge is 2.26. The van der Waals surface area contributed by atoms with Gasteiger partial charge in [-0.3, -0.25) is 0 Å². The van der Waals surface area contributed by atoms with E-state index in [0.29, 0.717) is 5.75 Å².